The highest BCUT2D eigenvalue weighted by molar-refractivity contribution is 5.95. The van der Waals surface area contributed by atoms with Gasteiger partial charge in [0.05, 0.1) is 23.5 Å². The summed E-state index contributed by atoms with van der Waals surface area (Å²) < 4.78 is 13.9. The highest BCUT2D eigenvalue weighted by Gasteiger charge is 2.47. The van der Waals surface area contributed by atoms with E-state index in [-0.39, 0.29) is 30.2 Å². The lowest BCUT2D eigenvalue weighted by Gasteiger charge is -2.29. The Morgan fingerprint density at radius 2 is 2.00 bits per heavy atom. The number of aromatic amines is 1. The van der Waals surface area contributed by atoms with E-state index in [4.69, 9.17) is 0 Å². The number of carbonyl (C=O) groups is 1. The molecule has 1 aromatic carbocycles. The molecule has 29 heavy (non-hydrogen) atoms. The van der Waals surface area contributed by atoms with Gasteiger partial charge in [-0.25, -0.2) is 4.39 Å². The van der Waals surface area contributed by atoms with E-state index in [1.807, 2.05) is 11.0 Å². The SMILES string of the molecule is Cl.O=C(c1cn[nH]c1C1CCCCC1)N1C[C@@H]2CNC[C@@H]2[C@@H]1c1cccc(F)c1. The molecule has 2 aromatic rings. The molecule has 3 heterocycles. The third kappa shape index (κ3) is 3.68. The third-order valence-corrected chi connectivity index (χ3v) is 6.93. The molecule has 3 atom stereocenters. The molecule has 3 aliphatic rings. The topological polar surface area (TPSA) is 61.0 Å². The second-order valence-electron chi connectivity index (χ2n) is 8.57. The van der Waals surface area contributed by atoms with Gasteiger partial charge in [-0.1, -0.05) is 31.4 Å². The van der Waals surface area contributed by atoms with Gasteiger partial charge in [-0.15, -0.1) is 12.4 Å². The van der Waals surface area contributed by atoms with Gasteiger partial charge in [-0.2, -0.15) is 5.10 Å². The van der Waals surface area contributed by atoms with E-state index >= 15 is 0 Å². The van der Waals surface area contributed by atoms with Crippen LogP contribution in [0.1, 0.15) is 65.7 Å². The number of halogens is 2. The molecule has 5 rings (SSSR count). The lowest BCUT2D eigenvalue weighted by molar-refractivity contribution is 0.0712. The Bertz CT molecular complexity index is 866. The van der Waals surface area contributed by atoms with E-state index in [0.29, 0.717) is 29.9 Å². The number of hydrogen-bond acceptors (Lipinski definition) is 3. The number of amides is 1. The van der Waals surface area contributed by atoms with Crippen LogP contribution in [0.25, 0.3) is 0 Å². The highest BCUT2D eigenvalue weighted by atomic mass is 35.5. The van der Waals surface area contributed by atoms with Crippen LogP contribution in [-0.4, -0.2) is 40.6 Å². The van der Waals surface area contributed by atoms with Gasteiger partial charge in [-0.05, 0) is 36.5 Å². The minimum atomic E-state index is -0.245. The Morgan fingerprint density at radius 3 is 2.79 bits per heavy atom. The van der Waals surface area contributed by atoms with Crippen LogP contribution in [0.2, 0.25) is 0 Å². The second-order valence-corrected chi connectivity index (χ2v) is 8.57. The van der Waals surface area contributed by atoms with E-state index in [9.17, 15) is 9.18 Å². The van der Waals surface area contributed by atoms with Crippen LogP contribution in [0.15, 0.2) is 30.5 Å². The molecule has 1 saturated carbocycles. The van der Waals surface area contributed by atoms with E-state index in [1.165, 1.54) is 25.3 Å². The summed E-state index contributed by atoms with van der Waals surface area (Å²) >= 11 is 0. The number of carbonyl (C=O) groups excluding carboxylic acids is 1. The monoisotopic (exact) mass is 418 g/mol. The Balaban J connectivity index is 0.00000205. The highest BCUT2D eigenvalue weighted by Crippen LogP contribution is 2.44. The maximum atomic E-state index is 13.9. The van der Waals surface area contributed by atoms with E-state index in [1.54, 1.807) is 18.3 Å². The molecule has 2 aliphatic heterocycles. The maximum absolute atomic E-state index is 13.9. The summed E-state index contributed by atoms with van der Waals surface area (Å²) in [4.78, 5) is 15.6. The second kappa shape index (κ2) is 8.44. The quantitative estimate of drug-likeness (QED) is 0.790. The molecule has 0 spiro atoms. The zero-order valence-corrected chi connectivity index (χ0v) is 17.3. The van der Waals surface area contributed by atoms with Crippen LogP contribution in [-0.2, 0) is 0 Å². The van der Waals surface area contributed by atoms with Crippen molar-refractivity contribution in [1.82, 2.24) is 20.4 Å². The number of benzene rings is 1. The van der Waals surface area contributed by atoms with Crippen molar-refractivity contribution in [1.29, 1.82) is 0 Å². The van der Waals surface area contributed by atoms with Gasteiger partial charge in [0.25, 0.3) is 5.91 Å². The predicted octanol–water partition coefficient (Wildman–Crippen LogP) is 4.05. The van der Waals surface area contributed by atoms with Crippen LogP contribution in [0.5, 0.6) is 0 Å². The number of fused-ring (bicyclic) bond motifs is 1. The number of nitrogens with zero attached hydrogens (tertiary/aromatic N) is 2. The standard InChI is InChI=1S/C22H27FN4O.ClH/c23-17-8-4-7-15(9-17)21-18-11-24-10-16(18)13-27(21)22(28)19-12-25-26-20(19)14-5-2-1-3-6-14;/h4,7-9,12,14,16,18,21,24H,1-3,5-6,10-11,13H2,(H,25,26);1H/t16-,18-,21-;/m0./s1. The van der Waals surface area contributed by atoms with Crippen LogP contribution in [0.3, 0.4) is 0 Å². The Hall–Kier alpha value is -1.92. The molecule has 3 fully saturated rings. The Labute approximate surface area is 176 Å². The number of hydrogen-bond donors (Lipinski definition) is 2. The summed E-state index contributed by atoms with van der Waals surface area (Å²) in [5, 5.41) is 10.8. The Kier molecular flexibility index (Phi) is 5.93. The summed E-state index contributed by atoms with van der Waals surface area (Å²) in [6, 6.07) is 6.66. The molecule has 0 radical (unpaired) electrons. The molecule has 156 valence electrons. The summed E-state index contributed by atoms with van der Waals surface area (Å²) in [6.07, 6.45) is 7.63. The smallest absolute Gasteiger partial charge is 0.257 e. The molecule has 5 nitrogen and oxygen atoms in total. The normalized spacial score (nSPS) is 26.9. The lowest BCUT2D eigenvalue weighted by Crippen LogP contribution is -2.35. The van der Waals surface area contributed by atoms with Gasteiger partial charge < -0.3 is 10.2 Å². The molecule has 0 bridgehead atoms. The van der Waals surface area contributed by atoms with Gasteiger partial charge in [0, 0.05) is 31.5 Å². The number of likely N-dealkylation sites (tertiary alicyclic amines) is 1. The van der Waals surface area contributed by atoms with Crippen molar-refractivity contribution in [2.45, 2.75) is 44.1 Å². The maximum Gasteiger partial charge on any atom is 0.257 e. The number of aromatic nitrogens is 2. The van der Waals surface area contributed by atoms with Gasteiger partial charge >= 0.3 is 0 Å². The van der Waals surface area contributed by atoms with Crippen molar-refractivity contribution in [2.75, 3.05) is 19.6 Å². The average molecular weight is 419 g/mol. The summed E-state index contributed by atoms with van der Waals surface area (Å²) in [5.74, 6) is 0.938. The van der Waals surface area contributed by atoms with Crippen molar-refractivity contribution in [2.24, 2.45) is 11.8 Å². The molecule has 0 unspecified atom stereocenters. The van der Waals surface area contributed by atoms with Crippen LogP contribution in [0.4, 0.5) is 4.39 Å². The van der Waals surface area contributed by atoms with Gasteiger partial charge in [0.1, 0.15) is 5.82 Å². The largest absolute Gasteiger partial charge is 0.331 e. The zero-order chi connectivity index (χ0) is 19.1. The lowest BCUT2D eigenvalue weighted by atomic mass is 9.85. The molecule has 1 amide bonds. The van der Waals surface area contributed by atoms with Crippen molar-refractivity contribution in [3.8, 4) is 0 Å². The third-order valence-electron chi connectivity index (χ3n) is 6.93. The van der Waals surface area contributed by atoms with Crippen molar-refractivity contribution >= 4 is 18.3 Å². The predicted molar refractivity (Wildman–Crippen MR) is 112 cm³/mol. The molecule has 2 saturated heterocycles. The van der Waals surface area contributed by atoms with Crippen LogP contribution in [0, 0.1) is 17.7 Å². The fraction of sp³-hybridized carbons (Fsp3) is 0.545. The van der Waals surface area contributed by atoms with Crippen LogP contribution >= 0.6 is 12.4 Å². The number of rotatable bonds is 3. The van der Waals surface area contributed by atoms with Gasteiger partial charge in [-0.3, -0.25) is 9.89 Å². The first-order valence-corrected chi connectivity index (χ1v) is 10.5. The van der Waals surface area contributed by atoms with E-state index in [0.717, 1.165) is 37.2 Å². The van der Waals surface area contributed by atoms with Crippen molar-refractivity contribution in [3.05, 3.63) is 53.1 Å². The minimum absolute atomic E-state index is 0. The summed E-state index contributed by atoms with van der Waals surface area (Å²) in [6.45, 7) is 2.50. The first-order valence-electron chi connectivity index (χ1n) is 10.5. The number of nitrogens with one attached hydrogen (secondary N) is 2. The fourth-order valence-corrected chi connectivity index (χ4v) is 5.57. The fourth-order valence-electron chi connectivity index (χ4n) is 5.57. The first kappa shape index (κ1) is 20.4. The average Bonchev–Trinajstić information content (AvgIpc) is 3.43. The molecular formula is C22H28ClFN4O. The van der Waals surface area contributed by atoms with Gasteiger partial charge in [0.2, 0.25) is 0 Å². The summed E-state index contributed by atoms with van der Waals surface area (Å²) in [5.41, 5.74) is 2.60. The van der Waals surface area contributed by atoms with Crippen molar-refractivity contribution in [3.63, 3.8) is 0 Å². The molecule has 2 N–H and O–H groups in total. The Morgan fingerprint density at radius 1 is 1.17 bits per heavy atom. The zero-order valence-electron chi connectivity index (χ0n) is 16.4. The van der Waals surface area contributed by atoms with E-state index in [2.05, 4.69) is 15.5 Å². The first-order chi connectivity index (χ1) is 13.7. The minimum Gasteiger partial charge on any atom is -0.331 e. The number of H-pyrrole nitrogens is 1. The van der Waals surface area contributed by atoms with E-state index < -0.39 is 0 Å². The molecule has 1 aliphatic carbocycles. The van der Waals surface area contributed by atoms with Crippen LogP contribution < -0.4 is 5.32 Å². The van der Waals surface area contributed by atoms with Crippen molar-refractivity contribution < 1.29 is 9.18 Å². The molecule has 1 aromatic heterocycles. The molecular weight excluding hydrogens is 391 g/mol. The molecule has 7 heteroatoms. The van der Waals surface area contributed by atoms with Gasteiger partial charge in [0.15, 0.2) is 0 Å². The summed E-state index contributed by atoms with van der Waals surface area (Å²) in [7, 11) is 0.